The van der Waals surface area contributed by atoms with Crippen molar-refractivity contribution in [1.82, 2.24) is 0 Å². The fraction of sp³-hybridized carbons (Fsp3) is 1.00. The highest BCUT2D eigenvalue weighted by Gasteiger charge is 2.19. The zero-order valence-electron chi connectivity index (χ0n) is 8.08. The molecule has 2 heteroatoms. The first-order valence-corrected chi connectivity index (χ1v) is 4.44. The van der Waals surface area contributed by atoms with Crippen LogP contribution in [0.4, 0.5) is 8.78 Å². The maximum absolute atomic E-state index is 12.0. The molecule has 0 aliphatic rings. The van der Waals surface area contributed by atoms with Gasteiger partial charge in [0.2, 0.25) is 5.92 Å². The third kappa shape index (κ3) is 17.7. The summed E-state index contributed by atoms with van der Waals surface area (Å²) in [6.45, 7) is 6.98. The predicted molar refractivity (Wildman–Crippen MR) is 46.1 cm³/mol. The van der Waals surface area contributed by atoms with Crippen LogP contribution >= 0.6 is 0 Å². The third-order valence-corrected chi connectivity index (χ3v) is 1.22. The van der Waals surface area contributed by atoms with E-state index in [2.05, 4.69) is 0 Å². The van der Waals surface area contributed by atoms with Crippen LogP contribution in [0.25, 0.3) is 0 Å². The molecule has 0 fully saturated rings. The molecule has 11 heavy (non-hydrogen) atoms. The zero-order chi connectivity index (χ0) is 9.33. The van der Waals surface area contributed by atoms with Gasteiger partial charge in [-0.2, -0.15) is 0 Å². The SMILES string of the molecule is CC.CCCCCC(C)(F)F. The summed E-state index contributed by atoms with van der Waals surface area (Å²) in [5.41, 5.74) is 0. The summed E-state index contributed by atoms with van der Waals surface area (Å²) in [5, 5.41) is 0. The Bertz CT molecular complexity index is 64.5. The molecule has 0 aromatic heterocycles. The molecule has 0 nitrogen and oxygen atoms in total. The molecule has 0 N–H and O–H groups in total. The largest absolute Gasteiger partial charge is 0.245 e. The van der Waals surface area contributed by atoms with E-state index in [9.17, 15) is 8.78 Å². The number of hydrogen-bond acceptors (Lipinski definition) is 0. The molecule has 0 spiro atoms. The Morgan fingerprint density at radius 3 is 1.82 bits per heavy atom. The minimum atomic E-state index is -2.45. The van der Waals surface area contributed by atoms with Crippen LogP contribution in [0.5, 0.6) is 0 Å². The van der Waals surface area contributed by atoms with Gasteiger partial charge in [0.05, 0.1) is 0 Å². The van der Waals surface area contributed by atoms with Crippen molar-refractivity contribution in [3.8, 4) is 0 Å². The molecule has 0 atom stereocenters. The van der Waals surface area contributed by atoms with Crippen LogP contribution < -0.4 is 0 Å². The van der Waals surface area contributed by atoms with Gasteiger partial charge >= 0.3 is 0 Å². The van der Waals surface area contributed by atoms with Gasteiger partial charge in [-0.25, -0.2) is 8.78 Å². The van der Waals surface area contributed by atoms with Crippen LogP contribution in [0.2, 0.25) is 0 Å². The Morgan fingerprint density at radius 1 is 1.09 bits per heavy atom. The molecule has 0 heterocycles. The summed E-state index contributed by atoms with van der Waals surface area (Å²) in [4.78, 5) is 0. The van der Waals surface area contributed by atoms with Gasteiger partial charge in [-0.1, -0.05) is 33.6 Å². The number of rotatable bonds is 4. The normalized spacial score (nSPS) is 10.4. The Hall–Kier alpha value is -0.140. The topological polar surface area (TPSA) is 0 Å². The van der Waals surface area contributed by atoms with Gasteiger partial charge < -0.3 is 0 Å². The smallest absolute Gasteiger partial charge is 0.207 e. The predicted octanol–water partition coefficient (Wildman–Crippen LogP) is 4.25. The van der Waals surface area contributed by atoms with Crippen LogP contribution in [0.1, 0.15) is 53.4 Å². The van der Waals surface area contributed by atoms with Crippen LogP contribution in [0.15, 0.2) is 0 Å². The molecule has 0 aliphatic heterocycles. The fourth-order valence-corrected chi connectivity index (χ4v) is 0.685. The average Bonchev–Trinajstić information content (AvgIpc) is 1.90. The molecule has 0 saturated heterocycles. The lowest BCUT2D eigenvalue weighted by Crippen LogP contribution is -2.08. The summed E-state index contributed by atoms with van der Waals surface area (Å²) in [6.07, 6.45) is 2.63. The van der Waals surface area contributed by atoms with Crippen molar-refractivity contribution < 1.29 is 8.78 Å². The summed E-state index contributed by atoms with van der Waals surface area (Å²) in [5.74, 6) is -2.45. The second kappa shape index (κ2) is 7.96. The first-order valence-electron chi connectivity index (χ1n) is 4.44. The van der Waals surface area contributed by atoms with Crippen molar-refractivity contribution >= 4 is 0 Å². The van der Waals surface area contributed by atoms with Gasteiger partial charge in [0.25, 0.3) is 0 Å². The quantitative estimate of drug-likeness (QED) is 0.548. The minimum absolute atomic E-state index is 0.0425. The maximum Gasteiger partial charge on any atom is 0.245 e. The summed E-state index contributed by atoms with van der Waals surface area (Å²) in [7, 11) is 0. The Morgan fingerprint density at radius 2 is 1.55 bits per heavy atom. The van der Waals surface area contributed by atoms with Crippen LogP contribution in [0.3, 0.4) is 0 Å². The Balaban J connectivity index is 0. The van der Waals surface area contributed by atoms with E-state index in [1.165, 1.54) is 0 Å². The first kappa shape index (κ1) is 13.4. The lowest BCUT2D eigenvalue weighted by Gasteiger charge is -2.07. The molecule has 0 aliphatic carbocycles. The van der Waals surface area contributed by atoms with Crippen LogP contribution in [-0.4, -0.2) is 5.92 Å². The van der Waals surface area contributed by atoms with Gasteiger partial charge in [-0.3, -0.25) is 0 Å². The number of hydrogen-bond donors (Lipinski definition) is 0. The van der Waals surface area contributed by atoms with Gasteiger partial charge in [0.1, 0.15) is 0 Å². The number of alkyl halides is 2. The summed E-state index contributed by atoms with van der Waals surface area (Å²) in [6, 6.07) is 0. The second-order valence-electron chi connectivity index (χ2n) is 2.53. The fourth-order valence-electron chi connectivity index (χ4n) is 0.685. The molecule has 0 bridgehead atoms. The van der Waals surface area contributed by atoms with E-state index in [0.717, 1.165) is 19.8 Å². The molecular weight excluding hydrogens is 146 g/mol. The Labute approximate surface area is 69.0 Å². The molecule has 0 radical (unpaired) electrons. The van der Waals surface area contributed by atoms with E-state index < -0.39 is 5.92 Å². The maximum atomic E-state index is 12.0. The molecule has 0 unspecified atom stereocenters. The lowest BCUT2D eigenvalue weighted by atomic mass is 10.1. The van der Waals surface area contributed by atoms with Gasteiger partial charge in [-0.05, 0) is 13.3 Å². The van der Waals surface area contributed by atoms with Crippen molar-refractivity contribution in [2.24, 2.45) is 0 Å². The van der Waals surface area contributed by atoms with Crippen LogP contribution in [0, 0.1) is 0 Å². The van der Waals surface area contributed by atoms with Crippen LogP contribution in [-0.2, 0) is 0 Å². The molecule has 0 rings (SSSR count). The standard InChI is InChI=1S/C7H14F2.C2H6/c1-3-4-5-6-7(2,8)9;1-2/h3-6H2,1-2H3;1-2H3. The molecule has 0 saturated carbocycles. The summed E-state index contributed by atoms with van der Waals surface area (Å²) < 4.78 is 24.1. The van der Waals surface area contributed by atoms with Crippen molar-refractivity contribution in [3.63, 3.8) is 0 Å². The third-order valence-electron chi connectivity index (χ3n) is 1.22. The lowest BCUT2D eigenvalue weighted by molar-refractivity contribution is 0.0105. The van der Waals surface area contributed by atoms with E-state index in [4.69, 9.17) is 0 Å². The van der Waals surface area contributed by atoms with Crippen molar-refractivity contribution in [2.45, 2.75) is 59.3 Å². The van der Waals surface area contributed by atoms with Crippen molar-refractivity contribution in [2.75, 3.05) is 0 Å². The highest BCUT2D eigenvalue weighted by Crippen LogP contribution is 2.19. The molecule has 0 amide bonds. The van der Waals surface area contributed by atoms with E-state index in [1.807, 2.05) is 20.8 Å². The van der Waals surface area contributed by atoms with E-state index in [1.54, 1.807) is 0 Å². The van der Waals surface area contributed by atoms with Gasteiger partial charge in [0.15, 0.2) is 0 Å². The van der Waals surface area contributed by atoms with Gasteiger partial charge in [-0.15, -0.1) is 0 Å². The van der Waals surface area contributed by atoms with Crippen molar-refractivity contribution in [3.05, 3.63) is 0 Å². The average molecular weight is 166 g/mol. The van der Waals surface area contributed by atoms with Gasteiger partial charge in [0, 0.05) is 6.42 Å². The molecular formula is C9H20F2. The monoisotopic (exact) mass is 166 g/mol. The molecule has 70 valence electrons. The number of halogens is 2. The van der Waals surface area contributed by atoms with E-state index >= 15 is 0 Å². The summed E-state index contributed by atoms with van der Waals surface area (Å²) >= 11 is 0. The first-order chi connectivity index (χ1) is 5.06. The highest BCUT2D eigenvalue weighted by molar-refractivity contribution is 4.56. The van der Waals surface area contributed by atoms with Crippen molar-refractivity contribution in [1.29, 1.82) is 0 Å². The van der Waals surface area contributed by atoms with E-state index in [0.29, 0.717) is 6.42 Å². The Kier molecular flexibility index (Phi) is 9.73. The highest BCUT2D eigenvalue weighted by atomic mass is 19.3. The molecule has 0 aromatic carbocycles. The number of unbranched alkanes of at least 4 members (excludes halogenated alkanes) is 2. The van der Waals surface area contributed by atoms with E-state index in [-0.39, 0.29) is 6.42 Å². The zero-order valence-corrected chi connectivity index (χ0v) is 8.08. The molecule has 0 aromatic rings. The minimum Gasteiger partial charge on any atom is -0.207 e. The second-order valence-corrected chi connectivity index (χ2v) is 2.53.